The number of hydrogen-bond acceptors (Lipinski definition) is 5. The van der Waals surface area contributed by atoms with E-state index in [-0.39, 0.29) is 11.7 Å². The van der Waals surface area contributed by atoms with Gasteiger partial charge in [-0.25, -0.2) is 0 Å². The SMILES string of the molecule is Cc1ccc(OCc2nnc(SCC(=O)Nc3cc(Cl)ccc3C)n2C)cc1. The molecule has 0 saturated carbocycles. The van der Waals surface area contributed by atoms with E-state index in [1.54, 1.807) is 12.1 Å². The van der Waals surface area contributed by atoms with Gasteiger partial charge in [0.2, 0.25) is 5.91 Å². The van der Waals surface area contributed by atoms with Gasteiger partial charge in [-0.2, -0.15) is 0 Å². The number of benzene rings is 2. The average Bonchev–Trinajstić information content (AvgIpc) is 3.02. The number of nitrogens with zero attached hydrogens (tertiary/aromatic N) is 3. The molecule has 8 heteroatoms. The van der Waals surface area contributed by atoms with Crippen LogP contribution >= 0.6 is 23.4 Å². The minimum Gasteiger partial charge on any atom is -0.486 e. The molecule has 3 rings (SSSR count). The Morgan fingerprint density at radius 1 is 1.18 bits per heavy atom. The molecule has 1 amide bonds. The van der Waals surface area contributed by atoms with Crippen LogP contribution in [0.15, 0.2) is 47.6 Å². The maximum Gasteiger partial charge on any atom is 0.234 e. The van der Waals surface area contributed by atoms with Crippen LogP contribution in [0.5, 0.6) is 5.75 Å². The number of amides is 1. The summed E-state index contributed by atoms with van der Waals surface area (Å²) in [4.78, 5) is 12.2. The molecule has 0 fully saturated rings. The van der Waals surface area contributed by atoms with E-state index < -0.39 is 0 Å². The van der Waals surface area contributed by atoms with E-state index in [4.69, 9.17) is 16.3 Å². The van der Waals surface area contributed by atoms with Crippen LogP contribution < -0.4 is 10.1 Å². The van der Waals surface area contributed by atoms with Crippen LogP contribution in [-0.4, -0.2) is 26.4 Å². The summed E-state index contributed by atoms with van der Waals surface area (Å²) in [5, 5.41) is 12.4. The summed E-state index contributed by atoms with van der Waals surface area (Å²) >= 11 is 7.31. The molecule has 0 aliphatic heterocycles. The summed E-state index contributed by atoms with van der Waals surface area (Å²) in [5.41, 5.74) is 2.84. The van der Waals surface area contributed by atoms with Gasteiger partial charge < -0.3 is 14.6 Å². The van der Waals surface area contributed by atoms with Crippen molar-refractivity contribution in [2.24, 2.45) is 7.05 Å². The standard InChI is InChI=1S/C20H21ClN4O2S/c1-13-4-8-16(9-5-13)27-11-18-23-24-20(25(18)3)28-12-19(26)22-17-10-15(21)7-6-14(17)2/h4-10H,11-12H2,1-3H3,(H,22,26). The number of rotatable bonds is 7. The third kappa shape index (κ3) is 5.27. The third-order valence-electron chi connectivity index (χ3n) is 4.12. The molecule has 2 aromatic carbocycles. The number of nitrogens with one attached hydrogen (secondary N) is 1. The Bertz CT molecular complexity index is 973. The number of ether oxygens (including phenoxy) is 1. The van der Waals surface area contributed by atoms with E-state index in [2.05, 4.69) is 15.5 Å². The number of thioether (sulfide) groups is 1. The molecule has 0 saturated heterocycles. The van der Waals surface area contributed by atoms with Gasteiger partial charge >= 0.3 is 0 Å². The first-order valence-electron chi connectivity index (χ1n) is 8.69. The summed E-state index contributed by atoms with van der Waals surface area (Å²) in [6.45, 7) is 4.25. The summed E-state index contributed by atoms with van der Waals surface area (Å²) in [7, 11) is 1.86. The average molecular weight is 417 g/mol. The molecule has 1 aromatic heterocycles. The number of anilines is 1. The number of aryl methyl sites for hydroxylation is 2. The van der Waals surface area contributed by atoms with Gasteiger partial charge in [0.05, 0.1) is 5.75 Å². The van der Waals surface area contributed by atoms with Crippen molar-refractivity contribution < 1.29 is 9.53 Å². The van der Waals surface area contributed by atoms with Crippen molar-refractivity contribution >= 4 is 35.0 Å². The van der Waals surface area contributed by atoms with E-state index in [9.17, 15) is 4.79 Å². The molecule has 0 unspecified atom stereocenters. The van der Waals surface area contributed by atoms with Gasteiger partial charge in [0.15, 0.2) is 11.0 Å². The maximum absolute atomic E-state index is 12.2. The van der Waals surface area contributed by atoms with Crippen LogP contribution in [0.3, 0.4) is 0 Å². The minimum atomic E-state index is -0.129. The normalized spacial score (nSPS) is 10.7. The van der Waals surface area contributed by atoms with Gasteiger partial charge in [-0.3, -0.25) is 4.79 Å². The van der Waals surface area contributed by atoms with Crippen molar-refractivity contribution in [2.45, 2.75) is 25.6 Å². The molecule has 28 heavy (non-hydrogen) atoms. The number of halogens is 1. The molecule has 146 valence electrons. The zero-order valence-corrected chi connectivity index (χ0v) is 17.5. The molecule has 0 aliphatic carbocycles. The number of hydrogen-bond donors (Lipinski definition) is 1. The fourth-order valence-corrected chi connectivity index (χ4v) is 3.33. The van der Waals surface area contributed by atoms with Crippen LogP contribution in [-0.2, 0) is 18.4 Å². The molecular formula is C20H21ClN4O2S. The molecule has 0 radical (unpaired) electrons. The molecule has 0 atom stereocenters. The zero-order chi connectivity index (χ0) is 20.1. The lowest BCUT2D eigenvalue weighted by molar-refractivity contribution is -0.113. The fraction of sp³-hybridized carbons (Fsp3) is 0.250. The first-order chi connectivity index (χ1) is 13.4. The Kier molecular flexibility index (Phi) is 6.59. The second-order valence-electron chi connectivity index (χ2n) is 6.36. The van der Waals surface area contributed by atoms with Crippen molar-refractivity contribution in [2.75, 3.05) is 11.1 Å². The molecule has 0 aliphatic rings. The van der Waals surface area contributed by atoms with Gasteiger partial charge in [0.1, 0.15) is 12.4 Å². The third-order valence-corrected chi connectivity index (χ3v) is 5.38. The molecule has 1 N–H and O–H groups in total. The molecule has 0 spiro atoms. The smallest absolute Gasteiger partial charge is 0.234 e. The van der Waals surface area contributed by atoms with Gasteiger partial charge in [-0.1, -0.05) is 47.1 Å². The van der Waals surface area contributed by atoms with Gasteiger partial charge in [-0.15, -0.1) is 10.2 Å². The van der Waals surface area contributed by atoms with Crippen molar-refractivity contribution in [3.8, 4) is 5.75 Å². The summed E-state index contributed by atoms with van der Waals surface area (Å²) in [5.74, 6) is 1.56. The van der Waals surface area contributed by atoms with Gasteiger partial charge in [0, 0.05) is 17.8 Å². The largest absolute Gasteiger partial charge is 0.486 e. The molecule has 0 bridgehead atoms. The Hall–Kier alpha value is -2.51. The van der Waals surface area contributed by atoms with Crippen LogP contribution in [0.25, 0.3) is 0 Å². The Balaban J connectivity index is 1.54. The van der Waals surface area contributed by atoms with E-state index >= 15 is 0 Å². The number of carbonyl (C=O) groups excluding carboxylic acids is 1. The van der Waals surface area contributed by atoms with E-state index in [0.717, 1.165) is 11.3 Å². The Morgan fingerprint density at radius 2 is 1.93 bits per heavy atom. The van der Waals surface area contributed by atoms with E-state index in [0.29, 0.717) is 28.3 Å². The lowest BCUT2D eigenvalue weighted by Gasteiger charge is -2.09. The lowest BCUT2D eigenvalue weighted by atomic mass is 10.2. The first kappa shape index (κ1) is 20.2. The molecular weight excluding hydrogens is 396 g/mol. The Labute approximate surface area is 173 Å². The second kappa shape index (κ2) is 9.12. The van der Waals surface area contributed by atoms with Crippen molar-refractivity contribution in [3.05, 3.63) is 64.4 Å². The first-order valence-corrected chi connectivity index (χ1v) is 10.1. The summed E-state index contributed by atoms with van der Waals surface area (Å²) < 4.78 is 7.58. The van der Waals surface area contributed by atoms with Gasteiger partial charge in [-0.05, 0) is 43.7 Å². The quantitative estimate of drug-likeness (QED) is 0.578. The van der Waals surface area contributed by atoms with Crippen molar-refractivity contribution in [1.82, 2.24) is 14.8 Å². The highest BCUT2D eigenvalue weighted by atomic mass is 35.5. The molecule has 3 aromatic rings. The van der Waals surface area contributed by atoms with Crippen LogP contribution in [0.4, 0.5) is 5.69 Å². The zero-order valence-electron chi connectivity index (χ0n) is 15.9. The lowest BCUT2D eigenvalue weighted by Crippen LogP contribution is -2.15. The van der Waals surface area contributed by atoms with E-state index in [1.165, 1.54) is 17.3 Å². The number of aromatic nitrogens is 3. The topological polar surface area (TPSA) is 69.0 Å². The molecule has 1 heterocycles. The summed E-state index contributed by atoms with van der Waals surface area (Å²) in [6, 6.07) is 13.2. The van der Waals surface area contributed by atoms with Gasteiger partial charge in [0.25, 0.3) is 0 Å². The van der Waals surface area contributed by atoms with Crippen molar-refractivity contribution in [1.29, 1.82) is 0 Å². The van der Waals surface area contributed by atoms with Crippen LogP contribution in [0, 0.1) is 13.8 Å². The minimum absolute atomic E-state index is 0.129. The predicted molar refractivity (Wildman–Crippen MR) is 112 cm³/mol. The maximum atomic E-state index is 12.2. The Morgan fingerprint density at radius 3 is 2.68 bits per heavy atom. The van der Waals surface area contributed by atoms with E-state index in [1.807, 2.05) is 55.8 Å². The second-order valence-corrected chi connectivity index (χ2v) is 7.73. The highest BCUT2D eigenvalue weighted by Gasteiger charge is 2.13. The highest BCUT2D eigenvalue weighted by Crippen LogP contribution is 2.22. The highest BCUT2D eigenvalue weighted by molar-refractivity contribution is 7.99. The fourth-order valence-electron chi connectivity index (χ4n) is 2.42. The molecule has 6 nitrogen and oxygen atoms in total. The van der Waals surface area contributed by atoms with Crippen LogP contribution in [0.1, 0.15) is 17.0 Å². The number of carbonyl (C=O) groups is 1. The van der Waals surface area contributed by atoms with Crippen LogP contribution in [0.2, 0.25) is 5.02 Å². The monoisotopic (exact) mass is 416 g/mol. The van der Waals surface area contributed by atoms with Crippen molar-refractivity contribution in [3.63, 3.8) is 0 Å². The summed E-state index contributed by atoms with van der Waals surface area (Å²) in [6.07, 6.45) is 0. The predicted octanol–water partition coefficient (Wildman–Crippen LogP) is 4.40.